The molecule has 2 aliphatic rings. The fourth-order valence-electron chi connectivity index (χ4n) is 3.95. The third-order valence-electron chi connectivity index (χ3n) is 5.64. The predicted molar refractivity (Wildman–Crippen MR) is 101 cm³/mol. The molecule has 1 heterocycles. The molecule has 1 saturated heterocycles. The maximum Gasteiger partial charge on any atom is 0.240 e. The summed E-state index contributed by atoms with van der Waals surface area (Å²) in [4.78, 5) is 15.1. The molecule has 1 unspecified atom stereocenters. The van der Waals surface area contributed by atoms with Crippen LogP contribution in [0.2, 0.25) is 0 Å². The van der Waals surface area contributed by atoms with E-state index in [-0.39, 0.29) is 11.9 Å². The van der Waals surface area contributed by atoms with Crippen LogP contribution in [0.15, 0.2) is 24.3 Å². The molecule has 1 atom stereocenters. The quantitative estimate of drug-likeness (QED) is 0.809. The Hall–Kier alpha value is -1.63. The Labute approximate surface area is 156 Å². The van der Waals surface area contributed by atoms with Gasteiger partial charge in [-0.3, -0.25) is 9.69 Å². The van der Waals surface area contributed by atoms with Crippen molar-refractivity contribution in [2.45, 2.75) is 43.7 Å². The highest BCUT2D eigenvalue weighted by Crippen LogP contribution is 2.27. The lowest BCUT2D eigenvalue weighted by atomic mass is 9.82. The Balaban J connectivity index is 1.69. The van der Waals surface area contributed by atoms with Crippen LogP contribution in [0.4, 0.5) is 0 Å². The van der Waals surface area contributed by atoms with Gasteiger partial charge in [0.2, 0.25) is 5.91 Å². The lowest BCUT2D eigenvalue weighted by molar-refractivity contribution is -0.127. The lowest BCUT2D eigenvalue weighted by Crippen LogP contribution is -2.56. The second-order valence-electron chi connectivity index (χ2n) is 7.36. The third kappa shape index (κ3) is 4.55. The van der Waals surface area contributed by atoms with Gasteiger partial charge in [0.05, 0.1) is 31.9 Å². The van der Waals surface area contributed by atoms with Gasteiger partial charge in [-0.15, -0.1) is 0 Å². The van der Waals surface area contributed by atoms with Crippen LogP contribution in [-0.4, -0.2) is 56.3 Å². The lowest BCUT2D eigenvalue weighted by Gasteiger charge is -2.37. The predicted octanol–water partition coefficient (Wildman–Crippen LogP) is 1.85. The summed E-state index contributed by atoms with van der Waals surface area (Å²) in [7, 11) is 1.67. The van der Waals surface area contributed by atoms with Crippen molar-refractivity contribution in [2.24, 2.45) is 5.73 Å². The van der Waals surface area contributed by atoms with Gasteiger partial charge in [0.1, 0.15) is 5.75 Å². The molecule has 0 aromatic heterocycles. The van der Waals surface area contributed by atoms with Gasteiger partial charge in [0.15, 0.2) is 0 Å². The van der Waals surface area contributed by atoms with Gasteiger partial charge in [-0.25, -0.2) is 0 Å². The van der Waals surface area contributed by atoms with Crippen molar-refractivity contribution in [3.8, 4) is 5.75 Å². The number of nitrogens with two attached hydrogens (primary N) is 1. The van der Waals surface area contributed by atoms with Crippen molar-refractivity contribution in [3.63, 3.8) is 0 Å². The van der Waals surface area contributed by atoms with Gasteiger partial charge in [0, 0.05) is 19.6 Å². The number of morpholine rings is 1. The summed E-state index contributed by atoms with van der Waals surface area (Å²) in [5.74, 6) is 0.825. The zero-order chi connectivity index (χ0) is 18.4. The topological polar surface area (TPSA) is 76.8 Å². The number of carbonyl (C=O) groups is 1. The molecule has 144 valence electrons. The summed E-state index contributed by atoms with van der Waals surface area (Å²) >= 11 is 0. The van der Waals surface area contributed by atoms with Gasteiger partial charge < -0.3 is 20.5 Å². The first-order valence-corrected chi connectivity index (χ1v) is 9.65. The molecule has 2 fully saturated rings. The van der Waals surface area contributed by atoms with Crippen LogP contribution in [-0.2, 0) is 9.53 Å². The van der Waals surface area contributed by atoms with E-state index in [9.17, 15) is 4.79 Å². The fourth-order valence-corrected chi connectivity index (χ4v) is 3.95. The van der Waals surface area contributed by atoms with E-state index in [1.807, 2.05) is 12.1 Å². The first-order chi connectivity index (χ1) is 12.6. The van der Waals surface area contributed by atoms with E-state index >= 15 is 0 Å². The third-order valence-corrected chi connectivity index (χ3v) is 5.64. The Bertz CT molecular complexity index is 578. The van der Waals surface area contributed by atoms with Crippen LogP contribution in [0, 0.1) is 0 Å². The highest BCUT2D eigenvalue weighted by Gasteiger charge is 2.35. The molecular weight excluding hydrogens is 330 g/mol. The molecule has 1 amide bonds. The average molecular weight is 361 g/mol. The normalized spacial score (nSPS) is 21.8. The van der Waals surface area contributed by atoms with Crippen LogP contribution >= 0.6 is 0 Å². The largest absolute Gasteiger partial charge is 0.497 e. The van der Waals surface area contributed by atoms with Crippen LogP contribution in [0.1, 0.15) is 43.7 Å². The van der Waals surface area contributed by atoms with Crippen molar-refractivity contribution in [1.82, 2.24) is 10.2 Å². The van der Waals surface area contributed by atoms with Gasteiger partial charge >= 0.3 is 0 Å². The van der Waals surface area contributed by atoms with Crippen molar-refractivity contribution in [3.05, 3.63) is 29.8 Å². The molecular formula is C20H31N3O3. The second kappa shape index (κ2) is 8.84. The summed E-state index contributed by atoms with van der Waals surface area (Å²) < 4.78 is 10.8. The van der Waals surface area contributed by atoms with Gasteiger partial charge in [-0.2, -0.15) is 0 Å². The Morgan fingerprint density at radius 2 is 1.88 bits per heavy atom. The van der Waals surface area contributed by atoms with E-state index in [0.29, 0.717) is 6.54 Å². The Kier molecular flexibility index (Phi) is 6.51. The smallest absolute Gasteiger partial charge is 0.240 e. The first kappa shape index (κ1) is 19.1. The van der Waals surface area contributed by atoms with Crippen molar-refractivity contribution >= 4 is 5.91 Å². The van der Waals surface area contributed by atoms with Crippen molar-refractivity contribution < 1.29 is 14.3 Å². The maximum atomic E-state index is 12.7. The number of methoxy groups -OCH3 is 1. The van der Waals surface area contributed by atoms with Crippen LogP contribution < -0.4 is 15.8 Å². The van der Waals surface area contributed by atoms with Crippen molar-refractivity contribution in [1.29, 1.82) is 0 Å². The molecule has 26 heavy (non-hydrogen) atoms. The molecule has 1 aromatic carbocycles. The number of nitrogens with one attached hydrogen (secondary N) is 1. The number of ether oxygens (including phenoxy) is 2. The number of amides is 1. The monoisotopic (exact) mass is 361 g/mol. The SMILES string of the molecule is COc1ccc(C(CNC(=O)C2(N)CCCCC2)N2CCOCC2)cc1. The van der Waals surface area contributed by atoms with E-state index in [0.717, 1.165) is 57.7 Å². The van der Waals surface area contributed by atoms with E-state index < -0.39 is 5.54 Å². The molecule has 1 aromatic rings. The summed E-state index contributed by atoms with van der Waals surface area (Å²) in [5.41, 5.74) is 6.85. The zero-order valence-electron chi connectivity index (χ0n) is 15.7. The van der Waals surface area contributed by atoms with Gasteiger partial charge in [0.25, 0.3) is 0 Å². The molecule has 6 heteroatoms. The molecule has 3 N–H and O–H groups in total. The molecule has 1 aliphatic carbocycles. The van der Waals surface area contributed by atoms with E-state index in [2.05, 4.69) is 22.3 Å². The minimum atomic E-state index is -0.701. The summed E-state index contributed by atoms with van der Waals surface area (Å²) in [6.45, 7) is 3.73. The average Bonchev–Trinajstić information content (AvgIpc) is 2.70. The molecule has 0 radical (unpaired) electrons. The van der Waals surface area contributed by atoms with Crippen LogP contribution in [0.25, 0.3) is 0 Å². The number of hydrogen-bond donors (Lipinski definition) is 2. The molecule has 1 aliphatic heterocycles. The standard InChI is InChI=1S/C20H31N3O3/c1-25-17-7-5-16(6-8-17)18(23-11-13-26-14-12-23)15-22-19(24)20(21)9-3-2-4-10-20/h5-8,18H,2-4,9-15,21H2,1H3,(H,22,24). The number of benzene rings is 1. The van der Waals surface area contributed by atoms with Crippen LogP contribution in [0.3, 0.4) is 0 Å². The Morgan fingerprint density at radius 3 is 2.50 bits per heavy atom. The van der Waals surface area contributed by atoms with E-state index in [4.69, 9.17) is 15.2 Å². The van der Waals surface area contributed by atoms with Crippen LogP contribution in [0.5, 0.6) is 5.75 Å². The number of carbonyl (C=O) groups excluding carboxylic acids is 1. The molecule has 1 saturated carbocycles. The van der Waals surface area contributed by atoms with Crippen molar-refractivity contribution in [2.75, 3.05) is 40.0 Å². The molecule has 0 bridgehead atoms. The number of hydrogen-bond acceptors (Lipinski definition) is 5. The Morgan fingerprint density at radius 1 is 1.23 bits per heavy atom. The minimum absolute atomic E-state index is 0.0102. The molecule has 6 nitrogen and oxygen atoms in total. The second-order valence-corrected chi connectivity index (χ2v) is 7.36. The molecule has 0 spiro atoms. The minimum Gasteiger partial charge on any atom is -0.497 e. The van der Waals surface area contributed by atoms with Gasteiger partial charge in [-0.05, 0) is 30.5 Å². The highest BCUT2D eigenvalue weighted by molar-refractivity contribution is 5.86. The highest BCUT2D eigenvalue weighted by atomic mass is 16.5. The van der Waals surface area contributed by atoms with Gasteiger partial charge in [-0.1, -0.05) is 31.4 Å². The number of nitrogens with zero attached hydrogens (tertiary/aromatic N) is 1. The van der Waals surface area contributed by atoms with E-state index in [1.165, 1.54) is 12.0 Å². The van der Waals surface area contributed by atoms with E-state index in [1.54, 1.807) is 7.11 Å². The zero-order valence-corrected chi connectivity index (χ0v) is 15.7. The summed E-state index contributed by atoms with van der Waals surface area (Å²) in [6.07, 6.45) is 4.81. The summed E-state index contributed by atoms with van der Waals surface area (Å²) in [6, 6.07) is 8.20. The maximum absolute atomic E-state index is 12.7. The summed E-state index contributed by atoms with van der Waals surface area (Å²) in [5, 5.41) is 3.14. The molecule has 3 rings (SSSR count). The first-order valence-electron chi connectivity index (χ1n) is 9.65. The number of rotatable bonds is 6. The fraction of sp³-hybridized carbons (Fsp3) is 0.650.